The summed E-state index contributed by atoms with van der Waals surface area (Å²) in [6, 6.07) is 0. The van der Waals surface area contributed by atoms with Crippen LogP contribution in [-0.2, 0) is 25.5 Å². The zero-order valence-electron chi connectivity index (χ0n) is 14.4. The van der Waals surface area contributed by atoms with Gasteiger partial charge < -0.3 is 14.8 Å². The lowest BCUT2D eigenvalue weighted by Gasteiger charge is -2.08. The van der Waals surface area contributed by atoms with E-state index in [9.17, 15) is 14.4 Å². The molecule has 0 aliphatic heterocycles. The van der Waals surface area contributed by atoms with Crippen molar-refractivity contribution in [2.24, 2.45) is 11.8 Å². The monoisotopic (exact) mass is 353 g/mol. The van der Waals surface area contributed by atoms with Crippen LogP contribution < -0.4 is 5.32 Å². The topological polar surface area (TPSA) is 81.7 Å². The number of nitrogens with one attached hydrogen (secondary N) is 1. The number of thiophene rings is 1. The molecule has 0 radical (unpaired) electrons. The maximum absolute atomic E-state index is 12.1. The zero-order chi connectivity index (χ0) is 17.9. The number of amides is 1. The second-order valence-corrected chi connectivity index (χ2v) is 7.01. The van der Waals surface area contributed by atoms with Gasteiger partial charge in [-0.05, 0) is 38.2 Å². The summed E-state index contributed by atoms with van der Waals surface area (Å²) in [6.45, 7) is 7.45. The lowest BCUT2D eigenvalue weighted by atomic mass is 10.1. The van der Waals surface area contributed by atoms with Gasteiger partial charge in [-0.25, -0.2) is 4.79 Å². The normalized spacial score (nSPS) is 18.8. The Balaban J connectivity index is 2.03. The Labute approximate surface area is 145 Å². The summed E-state index contributed by atoms with van der Waals surface area (Å²) in [5.41, 5.74) is 1.20. The van der Waals surface area contributed by atoms with Gasteiger partial charge in [0.05, 0.1) is 18.1 Å². The molecule has 1 heterocycles. The van der Waals surface area contributed by atoms with Crippen molar-refractivity contribution < 1.29 is 23.9 Å². The van der Waals surface area contributed by atoms with E-state index in [0.29, 0.717) is 16.5 Å². The van der Waals surface area contributed by atoms with Gasteiger partial charge in [0, 0.05) is 4.88 Å². The fraction of sp³-hybridized carbons (Fsp3) is 0.588. The molecule has 0 saturated heterocycles. The Morgan fingerprint density at radius 1 is 1.25 bits per heavy atom. The molecule has 2 atom stereocenters. The number of aryl methyl sites for hydroxylation is 1. The number of ether oxygens (including phenoxy) is 2. The van der Waals surface area contributed by atoms with Crippen molar-refractivity contribution in [2.75, 3.05) is 18.5 Å². The number of hydrogen-bond acceptors (Lipinski definition) is 6. The van der Waals surface area contributed by atoms with Gasteiger partial charge in [0.2, 0.25) is 0 Å². The van der Waals surface area contributed by atoms with Gasteiger partial charge in [0.15, 0.2) is 6.61 Å². The molecule has 1 aliphatic carbocycles. The zero-order valence-corrected chi connectivity index (χ0v) is 15.2. The minimum absolute atomic E-state index is 0.0800. The predicted molar refractivity (Wildman–Crippen MR) is 91.3 cm³/mol. The van der Waals surface area contributed by atoms with Gasteiger partial charge in [-0.15, -0.1) is 11.3 Å². The first-order valence-corrected chi connectivity index (χ1v) is 8.96. The Bertz CT molecular complexity index is 652. The Morgan fingerprint density at radius 2 is 1.92 bits per heavy atom. The lowest BCUT2D eigenvalue weighted by Crippen LogP contribution is -2.22. The molecule has 1 saturated carbocycles. The Morgan fingerprint density at radius 3 is 2.46 bits per heavy atom. The molecule has 0 aromatic carbocycles. The van der Waals surface area contributed by atoms with Gasteiger partial charge in [0.25, 0.3) is 5.91 Å². The molecule has 1 aromatic heterocycles. The molecule has 0 bridgehead atoms. The van der Waals surface area contributed by atoms with E-state index in [1.54, 1.807) is 6.92 Å². The molecule has 2 unspecified atom stereocenters. The van der Waals surface area contributed by atoms with Crippen molar-refractivity contribution in [3.05, 3.63) is 16.0 Å². The van der Waals surface area contributed by atoms with Crippen LogP contribution in [-0.4, -0.2) is 31.1 Å². The van der Waals surface area contributed by atoms with E-state index < -0.39 is 11.9 Å². The predicted octanol–water partition coefficient (Wildman–Crippen LogP) is 2.93. The van der Waals surface area contributed by atoms with Crippen molar-refractivity contribution >= 4 is 34.2 Å². The number of carbonyl (C=O) groups is 3. The molecule has 2 rings (SSSR count). The highest BCUT2D eigenvalue weighted by atomic mass is 32.1. The molecular formula is C17H23NO5S. The SMILES string of the molecule is CCOC(=O)c1c(NC(=O)COC(=O)C2CC2C)sc(CC)c1C. The van der Waals surface area contributed by atoms with Crippen LogP contribution in [0.1, 0.15) is 48.0 Å². The average Bonchev–Trinajstić information content (AvgIpc) is 3.18. The van der Waals surface area contributed by atoms with Gasteiger partial charge in [0.1, 0.15) is 5.00 Å². The van der Waals surface area contributed by atoms with E-state index >= 15 is 0 Å². The Hall–Kier alpha value is -1.89. The van der Waals surface area contributed by atoms with Gasteiger partial charge in [-0.3, -0.25) is 9.59 Å². The average molecular weight is 353 g/mol. The minimum atomic E-state index is -0.454. The third-order valence-electron chi connectivity index (χ3n) is 4.06. The van der Waals surface area contributed by atoms with Crippen LogP contribution in [0, 0.1) is 18.8 Å². The summed E-state index contributed by atoms with van der Waals surface area (Å²) in [7, 11) is 0. The van der Waals surface area contributed by atoms with E-state index in [-0.39, 0.29) is 25.1 Å². The van der Waals surface area contributed by atoms with E-state index in [1.807, 2.05) is 20.8 Å². The highest BCUT2D eigenvalue weighted by molar-refractivity contribution is 7.17. The molecule has 6 nitrogen and oxygen atoms in total. The summed E-state index contributed by atoms with van der Waals surface area (Å²) in [4.78, 5) is 36.9. The first-order valence-electron chi connectivity index (χ1n) is 8.14. The maximum atomic E-state index is 12.1. The smallest absolute Gasteiger partial charge is 0.341 e. The van der Waals surface area contributed by atoms with Crippen LogP contribution in [0.3, 0.4) is 0 Å². The van der Waals surface area contributed by atoms with Crippen LogP contribution in [0.15, 0.2) is 0 Å². The van der Waals surface area contributed by atoms with Crippen molar-refractivity contribution in [2.45, 2.75) is 40.5 Å². The number of anilines is 1. The summed E-state index contributed by atoms with van der Waals surface area (Å²) in [5.74, 6) is -0.984. The van der Waals surface area contributed by atoms with Gasteiger partial charge >= 0.3 is 11.9 Å². The van der Waals surface area contributed by atoms with E-state index in [0.717, 1.165) is 23.3 Å². The molecule has 1 aromatic rings. The minimum Gasteiger partial charge on any atom is -0.462 e. The molecule has 0 spiro atoms. The third kappa shape index (κ3) is 4.14. The number of esters is 2. The van der Waals surface area contributed by atoms with Crippen molar-refractivity contribution in [1.29, 1.82) is 0 Å². The maximum Gasteiger partial charge on any atom is 0.341 e. The van der Waals surface area contributed by atoms with Gasteiger partial charge in [-0.1, -0.05) is 13.8 Å². The molecule has 1 N–H and O–H groups in total. The fourth-order valence-corrected chi connectivity index (χ4v) is 3.64. The second kappa shape index (κ2) is 7.79. The molecule has 1 fully saturated rings. The van der Waals surface area contributed by atoms with E-state index in [2.05, 4.69) is 5.32 Å². The van der Waals surface area contributed by atoms with Crippen LogP contribution in [0.2, 0.25) is 0 Å². The quantitative estimate of drug-likeness (QED) is 0.762. The molecule has 1 aliphatic rings. The first-order chi connectivity index (χ1) is 11.4. The van der Waals surface area contributed by atoms with Crippen molar-refractivity contribution in [3.8, 4) is 0 Å². The number of carbonyl (C=O) groups excluding carboxylic acids is 3. The first kappa shape index (κ1) is 18.4. The lowest BCUT2D eigenvalue weighted by molar-refractivity contribution is -0.148. The van der Waals surface area contributed by atoms with E-state index in [1.165, 1.54) is 11.3 Å². The summed E-state index contributed by atoms with van der Waals surface area (Å²) < 4.78 is 10.1. The van der Waals surface area contributed by atoms with Crippen LogP contribution in [0.5, 0.6) is 0 Å². The molecular weight excluding hydrogens is 330 g/mol. The number of rotatable bonds is 7. The second-order valence-electron chi connectivity index (χ2n) is 5.90. The largest absolute Gasteiger partial charge is 0.462 e. The van der Waals surface area contributed by atoms with Crippen molar-refractivity contribution in [1.82, 2.24) is 0 Å². The van der Waals surface area contributed by atoms with Crippen LogP contribution in [0.4, 0.5) is 5.00 Å². The molecule has 132 valence electrons. The molecule has 1 amide bonds. The summed E-state index contributed by atoms with van der Waals surface area (Å²) in [5, 5.41) is 3.12. The van der Waals surface area contributed by atoms with Gasteiger partial charge in [-0.2, -0.15) is 0 Å². The number of hydrogen-bond donors (Lipinski definition) is 1. The fourth-order valence-electron chi connectivity index (χ4n) is 2.49. The Kier molecular flexibility index (Phi) is 5.99. The highest BCUT2D eigenvalue weighted by Gasteiger charge is 2.40. The standard InChI is InChI=1S/C17H23NO5S/c1-5-12-10(4)14(17(21)22-6-2)15(24-12)18-13(19)8-23-16(20)11-7-9(11)3/h9,11H,5-8H2,1-4H3,(H,18,19). The van der Waals surface area contributed by atoms with E-state index in [4.69, 9.17) is 9.47 Å². The van der Waals surface area contributed by atoms with Crippen LogP contribution >= 0.6 is 11.3 Å². The van der Waals surface area contributed by atoms with Crippen LogP contribution in [0.25, 0.3) is 0 Å². The molecule has 24 heavy (non-hydrogen) atoms. The molecule has 7 heteroatoms. The summed E-state index contributed by atoms with van der Waals surface area (Å²) in [6.07, 6.45) is 1.57. The van der Waals surface area contributed by atoms with Crippen molar-refractivity contribution in [3.63, 3.8) is 0 Å². The third-order valence-corrected chi connectivity index (χ3v) is 5.41. The highest BCUT2D eigenvalue weighted by Crippen LogP contribution is 2.38. The summed E-state index contributed by atoms with van der Waals surface area (Å²) >= 11 is 1.35.